The van der Waals surface area contributed by atoms with Gasteiger partial charge in [-0.15, -0.1) is 11.3 Å². The molecule has 0 unspecified atom stereocenters. The van der Waals surface area contributed by atoms with Gasteiger partial charge in [0.25, 0.3) is 5.91 Å². The number of fused-ring (bicyclic) bond motifs is 2. The molecule has 1 aromatic rings. The fourth-order valence-corrected chi connectivity index (χ4v) is 4.96. The molecule has 2 bridgehead atoms. The highest BCUT2D eigenvalue weighted by Crippen LogP contribution is 2.43. The van der Waals surface area contributed by atoms with Gasteiger partial charge < -0.3 is 9.30 Å². The minimum Gasteiger partial charge on any atom is -0.383 e. The molecule has 2 aliphatic carbocycles. The summed E-state index contributed by atoms with van der Waals surface area (Å²) in [5.74, 6) is 0.689. The predicted molar refractivity (Wildman–Crippen MR) is 87.9 cm³/mol. The van der Waals surface area contributed by atoms with E-state index in [0.29, 0.717) is 37.8 Å². The number of thiazole rings is 1. The Labute approximate surface area is 140 Å². The summed E-state index contributed by atoms with van der Waals surface area (Å²) < 4.78 is 20.7. The zero-order valence-electron chi connectivity index (χ0n) is 13.8. The summed E-state index contributed by atoms with van der Waals surface area (Å²) in [6.45, 7) is 3.32. The van der Waals surface area contributed by atoms with Crippen molar-refractivity contribution >= 4 is 17.2 Å². The lowest BCUT2D eigenvalue weighted by Crippen LogP contribution is -2.35. The van der Waals surface area contributed by atoms with Crippen LogP contribution in [0.15, 0.2) is 11.2 Å². The molecule has 0 N–H and O–H groups in total. The first-order valence-corrected chi connectivity index (χ1v) is 9.25. The number of halogens is 1. The molecule has 2 aliphatic rings. The van der Waals surface area contributed by atoms with Gasteiger partial charge in [0.15, 0.2) is 4.80 Å². The Morgan fingerprint density at radius 3 is 2.70 bits per heavy atom. The van der Waals surface area contributed by atoms with Gasteiger partial charge in [0, 0.05) is 30.6 Å². The zero-order chi connectivity index (χ0) is 16.4. The Morgan fingerprint density at radius 1 is 1.35 bits per heavy atom. The average Bonchev–Trinajstić information content (AvgIpc) is 2.83. The molecule has 0 saturated heterocycles. The quantitative estimate of drug-likeness (QED) is 0.845. The first-order valence-electron chi connectivity index (χ1n) is 8.43. The molecule has 128 valence electrons. The standard InChI is InChI=1S/C17H25FN2O2S/c1-11-10-20(3-4-22-2)17(23-11)19-16(21)14-6-12-5-13(7-14)9-15(18)8-12/h10,12-15H,3-9H2,1-2H3/b19-17-/t12-,13+,14+,15-. The first-order chi connectivity index (χ1) is 11.0. The van der Waals surface area contributed by atoms with Gasteiger partial charge in [-0.1, -0.05) is 0 Å². The number of alkyl halides is 1. The topological polar surface area (TPSA) is 43.6 Å². The van der Waals surface area contributed by atoms with Crippen molar-refractivity contribution in [2.45, 2.75) is 51.7 Å². The van der Waals surface area contributed by atoms with Crippen molar-refractivity contribution in [1.82, 2.24) is 4.57 Å². The van der Waals surface area contributed by atoms with Crippen molar-refractivity contribution in [2.24, 2.45) is 22.7 Å². The number of aryl methyl sites for hydroxylation is 1. The van der Waals surface area contributed by atoms with E-state index < -0.39 is 6.17 Å². The monoisotopic (exact) mass is 340 g/mol. The predicted octanol–water partition coefficient (Wildman–Crippen LogP) is 3.10. The highest BCUT2D eigenvalue weighted by atomic mass is 32.1. The maximum Gasteiger partial charge on any atom is 0.251 e. The van der Waals surface area contributed by atoms with Crippen molar-refractivity contribution in [3.63, 3.8) is 0 Å². The van der Waals surface area contributed by atoms with Crippen molar-refractivity contribution in [3.8, 4) is 0 Å². The van der Waals surface area contributed by atoms with Gasteiger partial charge in [0.2, 0.25) is 0 Å². The molecule has 0 radical (unpaired) electrons. The number of ether oxygens (including phenoxy) is 1. The van der Waals surface area contributed by atoms with Crippen LogP contribution in [-0.4, -0.2) is 30.4 Å². The molecule has 3 rings (SSSR count). The lowest BCUT2D eigenvalue weighted by Gasteiger charge is -2.39. The SMILES string of the molecule is COCCn1cc(C)s/c1=N\C(=O)[C@H]1C[C@@H]2C[C@@H](F)C[C@@H](C2)C1. The van der Waals surface area contributed by atoms with E-state index in [0.717, 1.165) is 28.9 Å². The van der Waals surface area contributed by atoms with Gasteiger partial charge in [-0.25, -0.2) is 4.39 Å². The number of amides is 1. The van der Waals surface area contributed by atoms with Crippen LogP contribution in [0, 0.1) is 24.7 Å². The molecule has 6 heteroatoms. The number of nitrogens with zero attached hydrogens (tertiary/aromatic N) is 2. The molecule has 0 aliphatic heterocycles. The third kappa shape index (κ3) is 4.10. The van der Waals surface area contributed by atoms with Crippen LogP contribution in [0.1, 0.15) is 37.0 Å². The van der Waals surface area contributed by atoms with Crippen LogP contribution in [0.5, 0.6) is 0 Å². The summed E-state index contributed by atoms with van der Waals surface area (Å²) in [6, 6.07) is 0. The van der Waals surface area contributed by atoms with Crippen LogP contribution in [-0.2, 0) is 16.1 Å². The number of rotatable bonds is 4. The van der Waals surface area contributed by atoms with Crippen molar-refractivity contribution in [2.75, 3.05) is 13.7 Å². The molecule has 1 heterocycles. The number of carbonyl (C=O) groups excluding carboxylic acids is 1. The number of aromatic nitrogens is 1. The first kappa shape index (κ1) is 16.8. The minimum absolute atomic E-state index is 0.0231. The van der Waals surface area contributed by atoms with Crippen LogP contribution in [0.3, 0.4) is 0 Å². The van der Waals surface area contributed by atoms with Gasteiger partial charge in [-0.3, -0.25) is 4.79 Å². The molecule has 1 aromatic heterocycles. The van der Waals surface area contributed by atoms with Gasteiger partial charge >= 0.3 is 0 Å². The largest absolute Gasteiger partial charge is 0.383 e. The Morgan fingerprint density at radius 2 is 2.04 bits per heavy atom. The summed E-state index contributed by atoms with van der Waals surface area (Å²) in [4.78, 5) is 18.9. The van der Waals surface area contributed by atoms with E-state index >= 15 is 0 Å². The van der Waals surface area contributed by atoms with Crippen LogP contribution >= 0.6 is 11.3 Å². The van der Waals surface area contributed by atoms with E-state index in [4.69, 9.17) is 4.74 Å². The lowest BCUT2D eigenvalue weighted by atomic mass is 9.67. The van der Waals surface area contributed by atoms with Crippen molar-refractivity contribution in [3.05, 3.63) is 15.9 Å². The van der Waals surface area contributed by atoms with Crippen LogP contribution in [0.25, 0.3) is 0 Å². The van der Waals surface area contributed by atoms with E-state index in [1.807, 2.05) is 17.7 Å². The maximum absolute atomic E-state index is 13.6. The molecule has 2 fully saturated rings. The summed E-state index contributed by atoms with van der Waals surface area (Å²) in [5.41, 5.74) is 0. The highest BCUT2D eigenvalue weighted by molar-refractivity contribution is 7.09. The molecule has 4 nitrogen and oxygen atoms in total. The van der Waals surface area contributed by atoms with E-state index in [1.165, 1.54) is 11.3 Å². The van der Waals surface area contributed by atoms with E-state index in [1.54, 1.807) is 7.11 Å². The van der Waals surface area contributed by atoms with E-state index in [-0.39, 0.29) is 11.8 Å². The number of carbonyl (C=O) groups is 1. The second-order valence-corrected chi connectivity index (χ2v) is 8.18. The fourth-order valence-electron chi connectivity index (χ4n) is 4.10. The van der Waals surface area contributed by atoms with Gasteiger partial charge in [-0.05, 0) is 50.9 Å². The van der Waals surface area contributed by atoms with Gasteiger partial charge in [0.05, 0.1) is 6.61 Å². The van der Waals surface area contributed by atoms with E-state index in [2.05, 4.69) is 4.99 Å². The Hall–Kier alpha value is -1.01. The van der Waals surface area contributed by atoms with Gasteiger partial charge in [-0.2, -0.15) is 4.99 Å². The zero-order valence-corrected chi connectivity index (χ0v) is 14.7. The van der Waals surface area contributed by atoms with Crippen molar-refractivity contribution in [1.29, 1.82) is 0 Å². The Balaban J connectivity index is 1.74. The second-order valence-electron chi connectivity index (χ2n) is 6.97. The van der Waals surface area contributed by atoms with Gasteiger partial charge in [0.1, 0.15) is 6.17 Å². The maximum atomic E-state index is 13.6. The number of hydrogen-bond donors (Lipinski definition) is 0. The molecule has 0 spiro atoms. The summed E-state index contributed by atoms with van der Waals surface area (Å²) >= 11 is 1.54. The number of hydrogen-bond acceptors (Lipinski definition) is 3. The molecular formula is C17H25FN2O2S. The minimum atomic E-state index is -0.664. The third-order valence-corrected chi connectivity index (χ3v) is 5.94. The summed E-state index contributed by atoms with van der Waals surface area (Å²) in [7, 11) is 1.67. The lowest BCUT2D eigenvalue weighted by molar-refractivity contribution is -0.124. The van der Waals surface area contributed by atoms with E-state index in [9.17, 15) is 9.18 Å². The molecule has 0 aromatic carbocycles. The smallest absolute Gasteiger partial charge is 0.251 e. The molecule has 4 atom stereocenters. The third-order valence-electron chi connectivity index (χ3n) is 5.01. The second kappa shape index (κ2) is 7.26. The van der Waals surface area contributed by atoms with Crippen molar-refractivity contribution < 1.29 is 13.9 Å². The number of methoxy groups -OCH3 is 1. The summed E-state index contributed by atoms with van der Waals surface area (Å²) in [6.07, 6.45) is 5.32. The van der Waals surface area contributed by atoms with Crippen LogP contribution < -0.4 is 4.80 Å². The van der Waals surface area contributed by atoms with Crippen LogP contribution in [0.4, 0.5) is 4.39 Å². The Bertz CT molecular complexity index is 606. The molecule has 2 saturated carbocycles. The molecule has 23 heavy (non-hydrogen) atoms. The molecule has 1 amide bonds. The molecular weight excluding hydrogens is 315 g/mol. The average molecular weight is 340 g/mol. The fraction of sp³-hybridized carbons (Fsp3) is 0.765. The van der Waals surface area contributed by atoms with Crippen LogP contribution in [0.2, 0.25) is 0 Å². The Kier molecular flexibility index (Phi) is 5.31. The highest BCUT2D eigenvalue weighted by Gasteiger charge is 2.38. The normalized spacial score (nSPS) is 31.3. The summed E-state index contributed by atoms with van der Waals surface area (Å²) in [5, 5.41) is 0.